The summed E-state index contributed by atoms with van der Waals surface area (Å²) in [5, 5.41) is 0.469. The normalized spacial score (nSPS) is 15.5. The van der Waals surface area contributed by atoms with Crippen LogP contribution in [0.1, 0.15) is 54.9 Å². The topological polar surface area (TPSA) is 63.0 Å². The van der Waals surface area contributed by atoms with Crippen molar-refractivity contribution in [2.75, 3.05) is 32.8 Å². The van der Waals surface area contributed by atoms with Gasteiger partial charge in [0.1, 0.15) is 11.3 Å². The van der Waals surface area contributed by atoms with Gasteiger partial charge in [-0.1, -0.05) is 41.9 Å². The molecular formula is C26H29BrN2O4. The SMILES string of the molecule is CCOc1ccc([C@@H]2c3c(oc4ccc(Br)cc4c3=O)C(=O)N2CCCN(CC)CC)cc1. The molecule has 1 atom stereocenters. The molecule has 0 spiro atoms. The maximum atomic E-state index is 13.6. The minimum Gasteiger partial charge on any atom is -0.494 e. The first-order valence-electron chi connectivity index (χ1n) is 11.5. The van der Waals surface area contributed by atoms with Crippen LogP contribution in [0.4, 0.5) is 0 Å². The second-order valence-electron chi connectivity index (χ2n) is 8.10. The molecule has 7 heteroatoms. The largest absolute Gasteiger partial charge is 0.494 e. The van der Waals surface area contributed by atoms with Gasteiger partial charge in [0.2, 0.25) is 5.76 Å². The van der Waals surface area contributed by atoms with Crippen LogP contribution in [-0.4, -0.2) is 48.5 Å². The van der Waals surface area contributed by atoms with E-state index in [0.717, 1.165) is 41.8 Å². The third-order valence-corrected chi connectivity index (χ3v) is 6.70. The standard InChI is InChI=1S/C26H29BrN2O4/c1-4-28(5-2)14-7-15-29-23(17-8-11-19(12-9-17)32-6-3)22-24(30)20-16-18(27)10-13-21(20)33-25(22)26(29)31/h8-13,16,23H,4-7,14-15H2,1-3H3/t23-/m1/s1. The molecule has 2 heterocycles. The average molecular weight is 513 g/mol. The number of fused-ring (bicyclic) bond motifs is 2. The van der Waals surface area contributed by atoms with Gasteiger partial charge in [0.25, 0.3) is 5.91 Å². The summed E-state index contributed by atoms with van der Waals surface area (Å²) in [6.45, 7) is 10.1. The molecule has 1 aliphatic heterocycles. The maximum absolute atomic E-state index is 13.6. The average Bonchev–Trinajstić information content (AvgIpc) is 3.10. The Bertz CT molecular complexity index is 1200. The van der Waals surface area contributed by atoms with Gasteiger partial charge in [0.15, 0.2) is 5.43 Å². The van der Waals surface area contributed by atoms with Gasteiger partial charge in [-0.3, -0.25) is 9.59 Å². The van der Waals surface area contributed by atoms with E-state index in [9.17, 15) is 9.59 Å². The zero-order valence-corrected chi connectivity index (χ0v) is 20.9. The van der Waals surface area contributed by atoms with Gasteiger partial charge in [0.05, 0.1) is 23.6 Å². The van der Waals surface area contributed by atoms with Crippen molar-refractivity contribution < 1.29 is 13.9 Å². The van der Waals surface area contributed by atoms with Crippen molar-refractivity contribution in [2.24, 2.45) is 0 Å². The summed E-state index contributed by atoms with van der Waals surface area (Å²) >= 11 is 3.44. The fraction of sp³-hybridized carbons (Fsp3) is 0.385. The number of benzene rings is 2. The molecule has 0 fully saturated rings. The lowest BCUT2D eigenvalue weighted by molar-refractivity contribution is 0.0720. The Morgan fingerprint density at radius 2 is 1.79 bits per heavy atom. The smallest absolute Gasteiger partial charge is 0.290 e. The number of hydrogen-bond acceptors (Lipinski definition) is 5. The van der Waals surface area contributed by atoms with Crippen LogP contribution in [-0.2, 0) is 0 Å². The van der Waals surface area contributed by atoms with Gasteiger partial charge >= 0.3 is 0 Å². The lowest BCUT2D eigenvalue weighted by Gasteiger charge is -2.26. The molecule has 1 amide bonds. The Labute approximate surface area is 202 Å². The molecular weight excluding hydrogens is 484 g/mol. The molecule has 0 N–H and O–H groups in total. The Balaban J connectivity index is 1.78. The van der Waals surface area contributed by atoms with E-state index in [1.807, 2.05) is 37.3 Å². The predicted octanol–water partition coefficient (Wildman–Crippen LogP) is 5.23. The summed E-state index contributed by atoms with van der Waals surface area (Å²) in [6.07, 6.45) is 0.814. The fourth-order valence-electron chi connectivity index (χ4n) is 4.49. The summed E-state index contributed by atoms with van der Waals surface area (Å²) in [5.41, 5.74) is 1.55. The predicted molar refractivity (Wildman–Crippen MR) is 133 cm³/mol. The van der Waals surface area contributed by atoms with Gasteiger partial charge < -0.3 is 19.0 Å². The molecule has 1 aromatic heterocycles. The van der Waals surface area contributed by atoms with Crippen molar-refractivity contribution in [1.82, 2.24) is 9.80 Å². The molecule has 3 aromatic rings. The van der Waals surface area contributed by atoms with E-state index in [4.69, 9.17) is 9.15 Å². The van der Waals surface area contributed by atoms with Crippen LogP contribution in [0.25, 0.3) is 11.0 Å². The third-order valence-electron chi connectivity index (χ3n) is 6.20. The van der Waals surface area contributed by atoms with Crippen molar-refractivity contribution in [3.05, 3.63) is 74.0 Å². The van der Waals surface area contributed by atoms with Crippen molar-refractivity contribution in [2.45, 2.75) is 33.2 Å². The molecule has 174 valence electrons. The molecule has 6 nitrogen and oxygen atoms in total. The number of amides is 1. The molecule has 0 aliphatic carbocycles. The highest BCUT2D eigenvalue weighted by Crippen LogP contribution is 2.39. The van der Waals surface area contributed by atoms with E-state index in [-0.39, 0.29) is 17.1 Å². The van der Waals surface area contributed by atoms with Crippen molar-refractivity contribution >= 4 is 32.8 Å². The molecule has 0 saturated carbocycles. The molecule has 1 aliphatic rings. The third kappa shape index (κ3) is 4.57. The zero-order chi connectivity index (χ0) is 23.5. The number of carbonyl (C=O) groups excluding carboxylic acids is 1. The first kappa shape index (κ1) is 23.5. The van der Waals surface area contributed by atoms with E-state index in [1.54, 1.807) is 17.0 Å². The van der Waals surface area contributed by atoms with E-state index >= 15 is 0 Å². The van der Waals surface area contributed by atoms with Crippen molar-refractivity contribution in [3.8, 4) is 5.75 Å². The number of carbonyl (C=O) groups is 1. The van der Waals surface area contributed by atoms with Crippen LogP contribution in [0.2, 0.25) is 0 Å². The Kier molecular flexibility index (Phi) is 7.20. The van der Waals surface area contributed by atoms with E-state index in [0.29, 0.717) is 29.7 Å². The maximum Gasteiger partial charge on any atom is 0.290 e. The summed E-state index contributed by atoms with van der Waals surface area (Å²) in [4.78, 5) is 31.2. The second-order valence-corrected chi connectivity index (χ2v) is 9.01. The van der Waals surface area contributed by atoms with Gasteiger partial charge in [-0.05, 0) is 68.9 Å². The van der Waals surface area contributed by atoms with Crippen LogP contribution in [0.15, 0.2) is 56.1 Å². The highest BCUT2D eigenvalue weighted by atomic mass is 79.9. The van der Waals surface area contributed by atoms with Crippen LogP contribution < -0.4 is 10.2 Å². The number of ether oxygens (including phenoxy) is 1. The first-order chi connectivity index (χ1) is 16.0. The van der Waals surface area contributed by atoms with Gasteiger partial charge in [-0.25, -0.2) is 0 Å². The summed E-state index contributed by atoms with van der Waals surface area (Å²) in [6, 6.07) is 12.4. The number of halogens is 1. The summed E-state index contributed by atoms with van der Waals surface area (Å²) in [5.74, 6) is 0.676. The molecule has 2 aromatic carbocycles. The van der Waals surface area contributed by atoms with Crippen molar-refractivity contribution in [3.63, 3.8) is 0 Å². The van der Waals surface area contributed by atoms with Crippen molar-refractivity contribution in [1.29, 1.82) is 0 Å². The molecule has 0 unspecified atom stereocenters. The van der Waals surface area contributed by atoms with E-state index in [1.165, 1.54) is 0 Å². The molecule has 0 saturated heterocycles. The van der Waals surface area contributed by atoms with Gasteiger partial charge in [-0.15, -0.1) is 0 Å². The minimum atomic E-state index is -0.487. The molecule has 4 rings (SSSR count). The highest BCUT2D eigenvalue weighted by molar-refractivity contribution is 9.10. The zero-order valence-electron chi connectivity index (χ0n) is 19.3. The van der Waals surface area contributed by atoms with Gasteiger partial charge in [-0.2, -0.15) is 0 Å². The Morgan fingerprint density at radius 3 is 2.45 bits per heavy atom. The molecule has 0 radical (unpaired) electrons. The van der Waals surface area contributed by atoms with Gasteiger partial charge in [0, 0.05) is 11.0 Å². The van der Waals surface area contributed by atoms with Crippen LogP contribution >= 0.6 is 15.9 Å². The molecule has 33 heavy (non-hydrogen) atoms. The lowest BCUT2D eigenvalue weighted by atomic mass is 9.98. The number of rotatable bonds is 9. The van der Waals surface area contributed by atoms with Crippen LogP contribution in [0.3, 0.4) is 0 Å². The number of hydrogen-bond donors (Lipinski definition) is 0. The fourth-order valence-corrected chi connectivity index (χ4v) is 4.85. The Hall–Kier alpha value is -2.64. The van der Waals surface area contributed by atoms with E-state index in [2.05, 4.69) is 34.7 Å². The van der Waals surface area contributed by atoms with Crippen LogP contribution in [0.5, 0.6) is 5.75 Å². The lowest BCUT2D eigenvalue weighted by Crippen LogP contribution is -2.33. The highest BCUT2D eigenvalue weighted by Gasteiger charge is 2.42. The quantitative estimate of drug-likeness (QED) is 0.392. The number of nitrogens with zero attached hydrogens (tertiary/aromatic N) is 2. The Morgan fingerprint density at radius 1 is 1.06 bits per heavy atom. The monoisotopic (exact) mass is 512 g/mol. The molecule has 0 bridgehead atoms. The summed E-state index contributed by atoms with van der Waals surface area (Å²) < 4.78 is 12.4. The van der Waals surface area contributed by atoms with Crippen LogP contribution in [0, 0.1) is 0 Å². The first-order valence-corrected chi connectivity index (χ1v) is 12.3. The summed E-state index contributed by atoms with van der Waals surface area (Å²) in [7, 11) is 0. The second kappa shape index (κ2) is 10.1. The minimum absolute atomic E-state index is 0.150. The van der Waals surface area contributed by atoms with E-state index < -0.39 is 6.04 Å².